The zero-order chi connectivity index (χ0) is 20.7. The first-order valence-corrected chi connectivity index (χ1v) is 8.63. The summed E-state index contributed by atoms with van der Waals surface area (Å²) in [5, 5.41) is 8.10. The van der Waals surface area contributed by atoms with Gasteiger partial charge in [-0.1, -0.05) is 0 Å². The minimum absolute atomic E-state index is 0.0968. The van der Waals surface area contributed by atoms with Gasteiger partial charge in [-0.25, -0.2) is 9.78 Å². The van der Waals surface area contributed by atoms with Crippen molar-refractivity contribution in [1.82, 2.24) is 14.9 Å². The molecule has 0 aliphatic carbocycles. The van der Waals surface area contributed by atoms with Crippen molar-refractivity contribution in [2.24, 2.45) is 0 Å². The first kappa shape index (κ1) is 21.4. The van der Waals surface area contributed by atoms with Crippen LogP contribution < -0.4 is 16.0 Å². The number of amides is 2. The number of urea groups is 1. The molecule has 7 nitrogen and oxygen atoms in total. The van der Waals surface area contributed by atoms with E-state index in [1.54, 1.807) is 13.0 Å². The normalized spacial score (nSPS) is 11.4. The zero-order valence-electron chi connectivity index (χ0n) is 15.9. The molecule has 0 fully saturated rings. The summed E-state index contributed by atoms with van der Waals surface area (Å²) in [5.74, 6) is 0.676. The first-order chi connectivity index (χ1) is 13.1. The van der Waals surface area contributed by atoms with Crippen LogP contribution in [-0.4, -0.2) is 48.1 Å². The molecule has 0 unspecified atom stereocenters. The molecule has 1 aromatic carbocycles. The average Bonchev–Trinajstić information content (AvgIpc) is 2.57. The van der Waals surface area contributed by atoms with Gasteiger partial charge in [0.05, 0.1) is 5.56 Å². The van der Waals surface area contributed by atoms with E-state index in [0.717, 1.165) is 25.1 Å². The highest BCUT2D eigenvalue weighted by molar-refractivity contribution is 5.98. The van der Waals surface area contributed by atoms with Crippen LogP contribution in [0.15, 0.2) is 30.3 Å². The molecule has 2 aromatic rings. The minimum Gasteiger partial charge on any atom is -0.370 e. The molecule has 2 rings (SSSR count). The predicted octanol–water partition coefficient (Wildman–Crippen LogP) is 3.81. The van der Waals surface area contributed by atoms with Gasteiger partial charge in [-0.15, -0.1) is 0 Å². The largest absolute Gasteiger partial charge is 0.416 e. The Morgan fingerprint density at radius 2 is 1.79 bits per heavy atom. The Bertz CT molecular complexity index is 793. The molecular formula is C18H23F3N6O. The van der Waals surface area contributed by atoms with Crippen molar-refractivity contribution in [3.05, 3.63) is 41.6 Å². The van der Waals surface area contributed by atoms with E-state index < -0.39 is 17.8 Å². The van der Waals surface area contributed by atoms with Crippen molar-refractivity contribution in [1.29, 1.82) is 0 Å². The van der Waals surface area contributed by atoms with Crippen LogP contribution in [0.5, 0.6) is 0 Å². The van der Waals surface area contributed by atoms with Crippen LogP contribution in [0.3, 0.4) is 0 Å². The third-order valence-electron chi connectivity index (χ3n) is 3.64. The molecule has 0 aliphatic rings. The van der Waals surface area contributed by atoms with Gasteiger partial charge in [0.1, 0.15) is 5.82 Å². The van der Waals surface area contributed by atoms with E-state index >= 15 is 0 Å². The van der Waals surface area contributed by atoms with Crippen LogP contribution in [0.25, 0.3) is 0 Å². The molecule has 0 saturated heterocycles. The molecular weight excluding hydrogens is 373 g/mol. The van der Waals surface area contributed by atoms with E-state index in [1.807, 2.05) is 14.1 Å². The number of benzene rings is 1. The van der Waals surface area contributed by atoms with Gasteiger partial charge < -0.3 is 15.5 Å². The number of halogens is 3. The second-order valence-corrected chi connectivity index (χ2v) is 6.46. The quantitative estimate of drug-likeness (QED) is 0.620. The summed E-state index contributed by atoms with van der Waals surface area (Å²) < 4.78 is 37.7. The van der Waals surface area contributed by atoms with Crippen LogP contribution in [0.2, 0.25) is 0 Å². The summed E-state index contributed by atoms with van der Waals surface area (Å²) in [5.41, 5.74) is 0.0978. The van der Waals surface area contributed by atoms with E-state index in [-0.39, 0.29) is 11.6 Å². The van der Waals surface area contributed by atoms with Gasteiger partial charge in [0, 0.05) is 24.0 Å². The summed E-state index contributed by atoms with van der Waals surface area (Å²) in [6.45, 7) is 3.41. The predicted molar refractivity (Wildman–Crippen MR) is 103 cm³/mol. The minimum atomic E-state index is -4.42. The lowest BCUT2D eigenvalue weighted by Crippen LogP contribution is -2.22. The van der Waals surface area contributed by atoms with E-state index in [2.05, 4.69) is 30.8 Å². The second kappa shape index (κ2) is 9.36. The number of hydrogen-bond donors (Lipinski definition) is 3. The number of carbonyl (C=O) groups is 1. The standard InChI is InChI=1S/C18H23F3N6O/c1-12-11-15(22-9-4-10-27(2)3)25-16(23-12)26-17(28)24-14-7-5-13(6-8-14)18(19,20)21/h5-8,11H,4,9-10H2,1-3H3,(H3,22,23,24,25,26,28). The molecule has 28 heavy (non-hydrogen) atoms. The Hall–Kier alpha value is -2.88. The Labute approximate surface area is 161 Å². The average molecular weight is 396 g/mol. The van der Waals surface area contributed by atoms with Gasteiger partial charge in [0.2, 0.25) is 5.95 Å². The van der Waals surface area contributed by atoms with E-state index in [1.165, 1.54) is 12.1 Å². The summed E-state index contributed by atoms with van der Waals surface area (Å²) in [6.07, 6.45) is -3.50. The second-order valence-electron chi connectivity index (χ2n) is 6.46. The monoisotopic (exact) mass is 396 g/mol. The molecule has 0 atom stereocenters. The maximum absolute atomic E-state index is 12.6. The Kier molecular flexibility index (Phi) is 7.16. The number of alkyl halides is 3. The summed E-state index contributed by atoms with van der Waals surface area (Å²) in [6, 6.07) is 5.26. The third-order valence-corrected chi connectivity index (χ3v) is 3.64. The van der Waals surface area contributed by atoms with Crippen LogP contribution >= 0.6 is 0 Å². The van der Waals surface area contributed by atoms with Crippen molar-refractivity contribution in [3.8, 4) is 0 Å². The van der Waals surface area contributed by atoms with Crippen LogP contribution in [-0.2, 0) is 6.18 Å². The summed E-state index contributed by atoms with van der Waals surface area (Å²) >= 11 is 0. The van der Waals surface area contributed by atoms with Crippen molar-refractivity contribution in [2.45, 2.75) is 19.5 Å². The summed E-state index contributed by atoms with van der Waals surface area (Å²) in [7, 11) is 3.98. The fourth-order valence-electron chi connectivity index (χ4n) is 2.33. The highest BCUT2D eigenvalue weighted by Crippen LogP contribution is 2.29. The lowest BCUT2D eigenvalue weighted by molar-refractivity contribution is -0.137. The van der Waals surface area contributed by atoms with Crippen LogP contribution in [0.1, 0.15) is 17.7 Å². The fourth-order valence-corrected chi connectivity index (χ4v) is 2.33. The smallest absolute Gasteiger partial charge is 0.370 e. The Morgan fingerprint density at radius 1 is 1.11 bits per heavy atom. The van der Waals surface area contributed by atoms with E-state index in [9.17, 15) is 18.0 Å². The van der Waals surface area contributed by atoms with Gasteiger partial charge in [-0.3, -0.25) is 5.32 Å². The highest BCUT2D eigenvalue weighted by atomic mass is 19.4. The van der Waals surface area contributed by atoms with Crippen molar-refractivity contribution in [3.63, 3.8) is 0 Å². The number of carbonyl (C=O) groups excluding carboxylic acids is 1. The van der Waals surface area contributed by atoms with Crippen molar-refractivity contribution >= 4 is 23.5 Å². The maximum Gasteiger partial charge on any atom is 0.416 e. The van der Waals surface area contributed by atoms with Gasteiger partial charge in [0.15, 0.2) is 0 Å². The van der Waals surface area contributed by atoms with Crippen LogP contribution in [0, 0.1) is 6.92 Å². The van der Waals surface area contributed by atoms with Crippen LogP contribution in [0.4, 0.5) is 35.4 Å². The molecule has 0 spiro atoms. The topological polar surface area (TPSA) is 82.2 Å². The Balaban J connectivity index is 1.94. The van der Waals surface area contributed by atoms with Crippen molar-refractivity contribution in [2.75, 3.05) is 43.1 Å². The lowest BCUT2D eigenvalue weighted by atomic mass is 10.2. The molecule has 0 saturated carbocycles. The highest BCUT2D eigenvalue weighted by Gasteiger charge is 2.29. The maximum atomic E-state index is 12.6. The molecule has 0 aliphatic heterocycles. The number of hydrogen-bond acceptors (Lipinski definition) is 5. The Morgan fingerprint density at radius 3 is 2.39 bits per heavy atom. The number of nitrogens with zero attached hydrogens (tertiary/aromatic N) is 3. The molecule has 0 radical (unpaired) electrons. The van der Waals surface area contributed by atoms with E-state index in [4.69, 9.17) is 0 Å². The van der Waals surface area contributed by atoms with Gasteiger partial charge in [-0.05, 0) is 58.3 Å². The SMILES string of the molecule is Cc1cc(NCCCN(C)C)nc(NC(=O)Nc2ccc(C(F)(F)F)cc2)n1. The number of anilines is 3. The van der Waals surface area contributed by atoms with E-state index in [0.29, 0.717) is 18.1 Å². The molecule has 0 bridgehead atoms. The molecule has 2 amide bonds. The van der Waals surface area contributed by atoms with Gasteiger partial charge in [0.25, 0.3) is 0 Å². The first-order valence-electron chi connectivity index (χ1n) is 8.63. The van der Waals surface area contributed by atoms with Gasteiger partial charge >= 0.3 is 12.2 Å². The molecule has 1 heterocycles. The zero-order valence-corrected chi connectivity index (χ0v) is 15.9. The number of rotatable bonds is 7. The molecule has 10 heteroatoms. The molecule has 1 aromatic heterocycles. The lowest BCUT2D eigenvalue weighted by Gasteiger charge is -2.12. The number of aromatic nitrogens is 2. The summed E-state index contributed by atoms with van der Waals surface area (Å²) in [4.78, 5) is 22.5. The van der Waals surface area contributed by atoms with Gasteiger partial charge in [-0.2, -0.15) is 18.2 Å². The van der Waals surface area contributed by atoms with Crippen molar-refractivity contribution < 1.29 is 18.0 Å². The number of nitrogens with one attached hydrogen (secondary N) is 3. The molecule has 152 valence electrons. The fraction of sp³-hybridized carbons (Fsp3) is 0.389. The third kappa shape index (κ3) is 7.03. The molecule has 3 N–H and O–H groups in total. The number of aryl methyl sites for hydroxylation is 1.